The highest BCUT2D eigenvalue weighted by molar-refractivity contribution is 5.90. The molecule has 0 saturated carbocycles. The van der Waals surface area contributed by atoms with Crippen LogP contribution in [0.5, 0.6) is 0 Å². The summed E-state index contributed by atoms with van der Waals surface area (Å²) in [5.74, 6) is 0. The van der Waals surface area contributed by atoms with Crippen molar-refractivity contribution in [2.24, 2.45) is 0 Å². The Kier molecular flexibility index (Phi) is 2.86. The number of fused-ring (bicyclic) bond motifs is 2. The summed E-state index contributed by atoms with van der Waals surface area (Å²) in [4.78, 5) is 11.4. The van der Waals surface area contributed by atoms with Crippen molar-refractivity contribution in [3.8, 4) is 11.1 Å². The highest BCUT2D eigenvalue weighted by atomic mass is 16.6. The molecule has 0 aromatic heterocycles. The van der Waals surface area contributed by atoms with E-state index in [1.165, 1.54) is 10.8 Å². The number of cyclic esters (lactones) is 1. The second kappa shape index (κ2) is 4.88. The molecule has 1 amide bonds. The van der Waals surface area contributed by atoms with Gasteiger partial charge in [-0.2, -0.15) is 0 Å². The smallest absolute Gasteiger partial charge is 0.412 e. The average molecular weight is 289 g/mol. The topological polar surface area (TPSA) is 38.3 Å². The van der Waals surface area contributed by atoms with E-state index in [0.717, 1.165) is 22.4 Å². The first-order valence-electron chi connectivity index (χ1n) is 7.31. The van der Waals surface area contributed by atoms with Gasteiger partial charge in [0, 0.05) is 5.56 Å². The van der Waals surface area contributed by atoms with E-state index in [1.54, 1.807) is 0 Å². The lowest BCUT2D eigenvalue weighted by atomic mass is 9.97. The van der Waals surface area contributed by atoms with Crippen LogP contribution < -0.4 is 5.32 Å². The van der Waals surface area contributed by atoms with Crippen LogP contribution in [0.3, 0.4) is 0 Å². The third-order valence-corrected chi connectivity index (χ3v) is 4.09. The molecule has 1 N–H and O–H groups in total. The quantitative estimate of drug-likeness (QED) is 0.674. The van der Waals surface area contributed by atoms with Crippen molar-refractivity contribution in [2.75, 3.05) is 5.32 Å². The molecular weight excluding hydrogens is 274 g/mol. The molecule has 1 unspecified atom stereocenters. The fraction of sp³-hybridized carbons (Fsp3) is 0.105. The number of rotatable bonds is 1. The first-order chi connectivity index (χ1) is 10.7. The Morgan fingerprint density at radius 1 is 0.909 bits per heavy atom. The molecule has 3 heteroatoms. The molecule has 1 aliphatic rings. The predicted octanol–water partition coefficient (Wildman–Crippen LogP) is 5.13. The number of benzene rings is 3. The molecule has 1 aliphatic heterocycles. The lowest BCUT2D eigenvalue weighted by Gasteiger charge is -2.24. The summed E-state index contributed by atoms with van der Waals surface area (Å²) in [6.07, 6.45) is -0.623. The third kappa shape index (κ3) is 2.11. The van der Waals surface area contributed by atoms with Crippen LogP contribution in [0, 0.1) is 0 Å². The maximum absolute atomic E-state index is 11.4. The van der Waals surface area contributed by atoms with E-state index in [4.69, 9.17) is 4.74 Å². The number of carbonyl (C=O) groups is 1. The number of nitrogens with one attached hydrogen (secondary N) is 1. The van der Waals surface area contributed by atoms with Crippen molar-refractivity contribution in [2.45, 2.75) is 13.0 Å². The van der Waals surface area contributed by atoms with Crippen LogP contribution in [0.4, 0.5) is 10.5 Å². The van der Waals surface area contributed by atoms with Crippen LogP contribution >= 0.6 is 0 Å². The lowest BCUT2D eigenvalue weighted by Crippen LogP contribution is -2.22. The summed E-state index contributed by atoms with van der Waals surface area (Å²) in [7, 11) is 0. The zero-order valence-corrected chi connectivity index (χ0v) is 12.2. The molecule has 3 aromatic carbocycles. The van der Waals surface area contributed by atoms with Crippen molar-refractivity contribution in [3.05, 3.63) is 66.2 Å². The molecule has 4 rings (SSSR count). The second-order valence-corrected chi connectivity index (χ2v) is 5.54. The van der Waals surface area contributed by atoms with Crippen molar-refractivity contribution in [1.29, 1.82) is 0 Å². The van der Waals surface area contributed by atoms with Crippen LogP contribution in [0.1, 0.15) is 18.6 Å². The Hall–Kier alpha value is -2.81. The first kappa shape index (κ1) is 12.9. The maximum Gasteiger partial charge on any atom is 0.412 e. The van der Waals surface area contributed by atoms with Crippen LogP contribution in [-0.4, -0.2) is 6.09 Å². The summed E-state index contributed by atoms with van der Waals surface area (Å²) in [5.41, 5.74) is 4.11. The normalized spacial score (nSPS) is 16.8. The van der Waals surface area contributed by atoms with Crippen molar-refractivity contribution in [1.82, 2.24) is 0 Å². The zero-order chi connectivity index (χ0) is 15.1. The van der Waals surface area contributed by atoms with E-state index in [2.05, 4.69) is 41.7 Å². The van der Waals surface area contributed by atoms with Gasteiger partial charge in [-0.1, -0.05) is 42.5 Å². The van der Waals surface area contributed by atoms with E-state index in [9.17, 15) is 4.79 Å². The van der Waals surface area contributed by atoms with Gasteiger partial charge >= 0.3 is 6.09 Å². The Morgan fingerprint density at radius 3 is 2.50 bits per heavy atom. The van der Waals surface area contributed by atoms with Gasteiger partial charge in [-0.05, 0) is 47.0 Å². The molecule has 0 aliphatic carbocycles. The van der Waals surface area contributed by atoms with E-state index in [-0.39, 0.29) is 6.10 Å². The number of anilines is 1. The summed E-state index contributed by atoms with van der Waals surface area (Å²) in [5, 5.41) is 5.19. The minimum absolute atomic E-state index is 0.232. The standard InChI is InChI=1S/C19H15NO2/c1-12-17-11-16(8-9-18(17)20-19(21)22-12)15-7-6-13-4-2-3-5-14(13)10-15/h2-12H,1H3,(H,20,21). The van der Waals surface area contributed by atoms with Gasteiger partial charge in [0.1, 0.15) is 6.10 Å². The Balaban J connectivity index is 1.81. The molecule has 0 spiro atoms. The largest absolute Gasteiger partial charge is 0.441 e. The van der Waals surface area contributed by atoms with Crippen LogP contribution in [0.15, 0.2) is 60.7 Å². The summed E-state index contributed by atoms with van der Waals surface area (Å²) < 4.78 is 5.22. The van der Waals surface area contributed by atoms with Crippen molar-refractivity contribution >= 4 is 22.6 Å². The fourth-order valence-corrected chi connectivity index (χ4v) is 2.92. The number of ether oxygens (including phenoxy) is 1. The molecule has 0 saturated heterocycles. The average Bonchev–Trinajstić information content (AvgIpc) is 2.54. The minimum atomic E-state index is -0.390. The van der Waals surface area contributed by atoms with Crippen LogP contribution in [0.25, 0.3) is 21.9 Å². The van der Waals surface area contributed by atoms with Gasteiger partial charge < -0.3 is 4.74 Å². The van der Waals surface area contributed by atoms with Crippen LogP contribution in [-0.2, 0) is 4.74 Å². The number of hydrogen-bond donors (Lipinski definition) is 1. The molecule has 0 bridgehead atoms. The third-order valence-electron chi connectivity index (χ3n) is 4.09. The molecule has 0 radical (unpaired) electrons. The molecule has 1 atom stereocenters. The van der Waals surface area contributed by atoms with Gasteiger partial charge in [0.15, 0.2) is 0 Å². The van der Waals surface area contributed by atoms with Crippen molar-refractivity contribution in [3.63, 3.8) is 0 Å². The zero-order valence-electron chi connectivity index (χ0n) is 12.2. The highest BCUT2D eigenvalue weighted by Crippen LogP contribution is 2.34. The van der Waals surface area contributed by atoms with Gasteiger partial charge in [-0.25, -0.2) is 4.79 Å². The molecule has 3 nitrogen and oxygen atoms in total. The molecule has 1 heterocycles. The minimum Gasteiger partial charge on any atom is -0.441 e. The second-order valence-electron chi connectivity index (χ2n) is 5.54. The van der Waals surface area contributed by atoms with E-state index >= 15 is 0 Å². The summed E-state index contributed by atoms with van der Waals surface area (Å²) >= 11 is 0. The van der Waals surface area contributed by atoms with Crippen LogP contribution in [0.2, 0.25) is 0 Å². The number of carbonyl (C=O) groups excluding carboxylic acids is 1. The highest BCUT2D eigenvalue weighted by Gasteiger charge is 2.22. The van der Waals surface area contributed by atoms with Gasteiger partial charge in [0.2, 0.25) is 0 Å². The fourth-order valence-electron chi connectivity index (χ4n) is 2.92. The summed E-state index contributed by atoms with van der Waals surface area (Å²) in [6, 6.07) is 20.8. The number of hydrogen-bond acceptors (Lipinski definition) is 2. The Morgan fingerprint density at radius 2 is 1.64 bits per heavy atom. The molecule has 0 fully saturated rings. The van der Waals surface area contributed by atoms with E-state index in [1.807, 2.05) is 31.2 Å². The van der Waals surface area contributed by atoms with Gasteiger partial charge in [-0.15, -0.1) is 0 Å². The monoisotopic (exact) mass is 289 g/mol. The first-order valence-corrected chi connectivity index (χ1v) is 7.31. The Bertz CT molecular complexity index is 885. The lowest BCUT2D eigenvalue weighted by molar-refractivity contribution is 0.116. The van der Waals surface area contributed by atoms with Crippen molar-refractivity contribution < 1.29 is 9.53 Å². The van der Waals surface area contributed by atoms with Gasteiger partial charge in [0.05, 0.1) is 5.69 Å². The van der Waals surface area contributed by atoms with E-state index in [0.29, 0.717) is 0 Å². The summed E-state index contributed by atoms with van der Waals surface area (Å²) in [6.45, 7) is 1.89. The SMILES string of the molecule is CC1OC(=O)Nc2ccc(-c3ccc4ccccc4c3)cc21. The maximum atomic E-state index is 11.4. The Labute approximate surface area is 128 Å². The predicted molar refractivity (Wildman–Crippen MR) is 87.9 cm³/mol. The molecule has 3 aromatic rings. The van der Waals surface area contributed by atoms with Gasteiger partial charge in [-0.3, -0.25) is 5.32 Å². The number of amides is 1. The molecule has 108 valence electrons. The van der Waals surface area contributed by atoms with E-state index < -0.39 is 6.09 Å². The molecule has 22 heavy (non-hydrogen) atoms. The van der Waals surface area contributed by atoms with Gasteiger partial charge in [0.25, 0.3) is 0 Å². The molecular formula is C19H15NO2.